The van der Waals surface area contributed by atoms with Crippen LogP contribution in [0.25, 0.3) is 0 Å². The van der Waals surface area contributed by atoms with Gasteiger partial charge in [0.1, 0.15) is 0 Å². The predicted molar refractivity (Wildman–Crippen MR) is 68.8 cm³/mol. The van der Waals surface area contributed by atoms with Crippen molar-refractivity contribution in [3.05, 3.63) is 5.28 Å². The van der Waals surface area contributed by atoms with Crippen LogP contribution in [-0.2, 0) is 0 Å². The van der Waals surface area contributed by atoms with Crippen molar-refractivity contribution >= 4 is 17.5 Å². The van der Waals surface area contributed by atoms with E-state index in [9.17, 15) is 0 Å². The smallest absolute Gasteiger partial charge is 0.322 e. The molecule has 98 valence electrons. The third kappa shape index (κ3) is 2.36. The molecule has 0 aromatic carbocycles. The van der Waals surface area contributed by atoms with Crippen molar-refractivity contribution in [1.82, 2.24) is 15.0 Å². The summed E-state index contributed by atoms with van der Waals surface area (Å²) in [5.74, 6) is 3.11. The van der Waals surface area contributed by atoms with Gasteiger partial charge >= 0.3 is 6.01 Å². The van der Waals surface area contributed by atoms with Crippen molar-refractivity contribution in [3.8, 4) is 6.01 Å². The Bertz CT molecular complexity index is 442. The highest BCUT2D eigenvalue weighted by molar-refractivity contribution is 6.28. The van der Waals surface area contributed by atoms with Gasteiger partial charge in [-0.15, -0.1) is 0 Å². The first kappa shape index (κ1) is 12.0. The molecule has 6 heteroatoms. The maximum Gasteiger partial charge on any atom is 0.322 e. The summed E-state index contributed by atoms with van der Waals surface area (Å²) < 4.78 is 4.97. The van der Waals surface area contributed by atoms with Gasteiger partial charge in [0.15, 0.2) is 0 Å². The van der Waals surface area contributed by atoms with Crippen LogP contribution >= 0.6 is 11.6 Å². The van der Waals surface area contributed by atoms with Crippen molar-refractivity contribution in [2.75, 3.05) is 19.0 Å². The van der Waals surface area contributed by atoms with Crippen LogP contribution in [0.3, 0.4) is 0 Å². The number of nitrogens with one attached hydrogen (secondary N) is 1. The Morgan fingerprint density at radius 2 is 2.17 bits per heavy atom. The quantitative estimate of drug-likeness (QED) is 0.909. The summed E-state index contributed by atoms with van der Waals surface area (Å²) in [4.78, 5) is 12.0. The number of hydrogen-bond donors (Lipinski definition) is 1. The maximum absolute atomic E-state index is 5.80. The number of fused-ring (bicyclic) bond motifs is 2. The highest BCUT2D eigenvalue weighted by Gasteiger charge is 2.39. The average molecular weight is 269 g/mol. The van der Waals surface area contributed by atoms with Gasteiger partial charge in [-0.2, -0.15) is 15.0 Å². The lowest BCUT2D eigenvalue weighted by molar-refractivity contribution is 0.347. The SMILES string of the molecule is COc1nc(Cl)nc(NCC2CC3CCC2C3)n1. The van der Waals surface area contributed by atoms with E-state index in [1.807, 2.05) is 0 Å². The van der Waals surface area contributed by atoms with Gasteiger partial charge in [0, 0.05) is 6.54 Å². The van der Waals surface area contributed by atoms with Crippen LogP contribution in [-0.4, -0.2) is 28.6 Å². The lowest BCUT2D eigenvalue weighted by atomic mass is 9.89. The Hall–Kier alpha value is -1.10. The van der Waals surface area contributed by atoms with Crippen molar-refractivity contribution < 1.29 is 4.74 Å². The Morgan fingerprint density at radius 3 is 2.83 bits per heavy atom. The number of halogens is 1. The van der Waals surface area contributed by atoms with E-state index in [1.54, 1.807) is 0 Å². The maximum atomic E-state index is 5.80. The predicted octanol–water partition coefficient (Wildman–Crippen LogP) is 2.38. The van der Waals surface area contributed by atoms with Gasteiger partial charge in [0.2, 0.25) is 11.2 Å². The van der Waals surface area contributed by atoms with Gasteiger partial charge in [-0.3, -0.25) is 0 Å². The zero-order valence-electron chi connectivity index (χ0n) is 10.4. The van der Waals surface area contributed by atoms with E-state index in [4.69, 9.17) is 16.3 Å². The molecule has 1 aromatic heterocycles. The highest BCUT2D eigenvalue weighted by Crippen LogP contribution is 2.48. The molecule has 2 aliphatic rings. The molecule has 0 radical (unpaired) electrons. The third-order valence-corrected chi connectivity index (χ3v) is 4.35. The molecule has 3 atom stereocenters. The first-order valence-corrected chi connectivity index (χ1v) is 6.82. The van der Waals surface area contributed by atoms with Gasteiger partial charge < -0.3 is 10.1 Å². The van der Waals surface area contributed by atoms with Gasteiger partial charge in [0.25, 0.3) is 0 Å². The lowest BCUT2D eigenvalue weighted by Crippen LogP contribution is -2.21. The van der Waals surface area contributed by atoms with E-state index in [-0.39, 0.29) is 11.3 Å². The van der Waals surface area contributed by atoms with Crippen molar-refractivity contribution in [2.45, 2.75) is 25.7 Å². The Labute approximate surface area is 111 Å². The van der Waals surface area contributed by atoms with Crippen molar-refractivity contribution in [2.24, 2.45) is 17.8 Å². The fraction of sp³-hybridized carbons (Fsp3) is 0.750. The van der Waals surface area contributed by atoms with Gasteiger partial charge in [0.05, 0.1) is 7.11 Å². The summed E-state index contributed by atoms with van der Waals surface area (Å²) in [6.07, 6.45) is 5.56. The Balaban J connectivity index is 1.61. The van der Waals surface area contributed by atoms with E-state index in [1.165, 1.54) is 32.8 Å². The first-order chi connectivity index (χ1) is 8.74. The molecule has 18 heavy (non-hydrogen) atoms. The normalized spacial score (nSPS) is 29.6. The van der Waals surface area contributed by atoms with E-state index in [2.05, 4.69) is 20.3 Å². The van der Waals surface area contributed by atoms with Crippen LogP contribution in [0.15, 0.2) is 0 Å². The van der Waals surface area contributed by atoms with Gasteiger partial charge in [-0.1, -0.05) is 6.42 Å². The average Bonchev–Trinajstić information content (AvgIpc) is 2.97. The number of nitrogens with zero attached hydrogens (tertiary/aromatic N) is 3. The Morgan fingerprint density at radius 1 is 1.28 bits per heavy atom. The van der Waals surface area contributed by atoms with E-state index in [0.29, 0.717) is 5.95 Å². The lowest BCUT2D eigenvalue weighted by Gasteiger charge is -2.21. The monoisotopic (exact) mass is 268 g/mol. The van der Waals surface area contributed by atoms with Crippen LogP contribution in [0.4, 0.5) is 5.95 Å². The number of aromatic nitrogens is 3. The first-order valence-electron chi connectivity index (χ1n) is 6.44. The second-order valence-electron chi connectivity index (χ2n) is 5.23. The number of anilines is 1. The topological polar surface area (TPSA) is 59.9 Å². The van der Waals surface area contributed by atoms with E-state index in [0.717, 1.165) is 24.3 Å². The summed E-state index contributed by atoms with van der Waals surface area (Å²) in [7, 11) is 1.52. The van der Waals surface area contributed by atoms with Crippen LogP contribution in [0.5, 0.6) is 6.01 Å². The van der Waals surface area contributed by atoms with Crippen molar-refractivity contribution in [1.29, 1.82) is 0 Å². The highest BCUT2D eigenvalue weighted by atomic mass is 35.5. The summed E-state index contributed by atoms with van der Waals surface area (Å²) >= 11 is 5.80. The minimum atomic E-state index is 0.164. The molecule has 2 fully saturated rings. The minimum Gasteiger partial charge on any atom is -0.467 e. The molecule has 1 heterocycles. The molecular weight excluding hydrogens is 252 g/mol. The number of rotatable bonds is 4. The van der Waals surface area contributed by atoms with Crippen LogP contribution < -0.4 is 10.1 Å². The van der Waals surface area contributed by atoms with Crippen LogP contribution in [0.2, 0.25) is 5.28 Å². The number of hydrogen-bond acceptors (Lipinski definition) is 5. The van der Waals surface area contributed by atoms with Crippen molar-refractivity contribution in [3.63, 3.8) is 0 Å². The number of ether oxygens (including phenoxy) is 1. The molecule has 3 rings (SSSR count). The minimum absolute atomic E-state index is 0.164. The molecule has 0 aliphatic heterocycles. The molecule has 0 spiro atoms. The third-order valence-electron chi connectivity index (χ3n) is 4.18. The van der Waals surface area contributed by atoms with E-state index < -0.39 is 0 Å². The Kier molecular flexibility index (Phi) is 3.24. The molecule has 1 N–H and O–H groups in total. The molecule has 5 nitrogen and oxygen atoms in total. The molecular formula is C12H17ClN4O. The zero-order chi connectivity index (χ0) is 12.5. The molecule has 2 saturated carbocycles. The summed E-state index contributed by atoms with van der Waals surface area (Å²) in [6.45, 7) is 0.921. The molecule has 1 aromatic rings. The second-order valence-corrected chi connectivity index (χ2v) is 5.57. The summed E-state index contributed by atoms with van der Waals surface area (Å²) in [6, 6.07) is 0.255. The summed E-state index contributed by atoms with van der Waals surface area (Å²) in [5, 5.41) is 3.42. The largest absolute Gasteiger partial charge is 0.467 e. The van der Waals surface area contributed by atoms with Gasteiger partial charge in [-0.25, -0.2) is 0 Å². The fourth-order valence-electron chi connectivity index (χ4n) is 3.35. The van der Waals surface area contributed by atoms with Crippen LogP contribution in [0, 0.1) is 17.8 Å². The second kappa shape index (κ2) is 4.88. The number of methoxy groups -OCH3 is 1. The van der Waals surface area contributed by atoms with Crippen LogP contribution in [0.1, 0.15) is 25.7 Å². The molecule has 0 amide bonds. The molecule has 2 bridgehead atoms. The standard InChI is InChI=1S/C12H17ClN4O/c1-18-12-16-10(13)15-11(17-12)14-6-9-5-7-2-3-8(9)4-7/h7-9H,2-6H2,1H3,(H,14,15,16,17). The van der Waals surface area contributed by atoms with E-state index >= 15 is 0 Å². The summed E-state index contributed by atoms with van der Waals surface area (Å²) in [5.41, 5.74) is 0. The fourth-order valence-corrected chi connectivity index (χ4v) is 3.50. The zero-order valence-corrected chi connectivity index (χ0v) is 11.2. The van der Waals surface area contributed by atoms with Gasteiger partial charge in [-0.05, 0) is 48.6 Å². The molecule has 0 saturated heterocycles. The molecule has 2 aliphatic carbocycles. The molecule has 3 unspecified atom stereocenters.